The molecule has 1 N–H and O–H groups in total. The molecule has 116 valence electrons. The molecule has 2 rings (SSSR count). The van der Waals surface area contributed by atoms with Gasteiger partial charge in [-0.15, -0.1) is 0 Å². The molecule has 7 nitrogen and oxygen atoms in total. The van der Waals surface area contributed by atoms with Crippen LogP contribution in [0.3, 0.4) is 0 Å². The van der Waals surface area contributed by atoms with Crippen LogP contribution in [0.15, 0.2) is 22.7 Å². The van der Waals surface area contributed by atoms with Gasteiger partial charge in [0.15, 0.2) is 5.82 Å². The zero-order valence-corrected chi connectivity index (χ0v) is 12.4. The molecule has 0 aliphatic heterocycles. The van der Waals surface area contributed by atoms with Crippen LogP contribution in [-0.2, 0) is 22.4 Å². The molecule has 0 aliphatic carbocycles. The van der Waals surface area contributed by atoms with Gasteiger partial charge in [-0.3, -0.25) is 4.79 Å². The predicted molar refractivity (Wildman–Crippen MR) is 75.9 cm³/mol. The zero-order valence-electron chi connectivity index (χ0n) is 12.4. The van der Waals surface area contributed by atoms with Crippen molar-refractivity contribution in [2.24, 2.45) is 0 Å². The topological polar surface area (TPSA) is 108 Å². The molecule has 0 bridgehead atoms. The summed E-state index contributed by atoms with van der Waals surface area (Å²) in [4.78, 5) is 26.3. The van der Waals surface area contributed by atoms with Gasteiger partial charge in [-0.1, -0.05) is 17.3 Å². The highest BCUT2D eigenvalue weighted by Crippen LogP contribution is 2.18. The monoisotopic (exact) mass is 302 g/mol. The zero-order chi connectivity index (χ0) is 16.1. The third-order valence-electron chi connectivity index (χ3n) is 3.25. The Morgan fingerprint density at radius 2 is 2.09 bits per heavy atom. The molecule has 1 heterocycles. The molecule has 1 amide bonds. The first-order valence-electron chi connectivity index (χ1n) is 6.83. The SMILES string of the molecule is Cc1cccc(NC(=O)Cc2noc(CCC(=O)[O-])n2)c1C. The predicted octanol–water partition coefficient (Wildman–Crippen LogP) is 0.550. The van der Waals surface area contributed by atoms with E-state index in [0.717, 1.165) is 16.8 Å². The number of aryl methyl sites for hydroxylation is 2. The number of nitrogens with one attached hydrogen (secondary N) is 1. The third-order valence-corrected chi connectivity index (χ3v) is 3.25. The second-order valence-electron chi connectivity index (χ2n) is 4.95. The van der Waals surface area contributed by atoms with Crippen molar-refractivity contribution in [3.8, 4) is 0 Å². The van der Waals surface area contributed by atoms with E-state index in [2.05, 4.69) is 15.5 Å². The van der Waals surface area contributed by atoms with Crippen LogP contribution < -0.4 is 10.4 Å². The van der Waals surface area contributed by atoms with Gasteiger partial charge in [-0.05, 0) is 37.5 Å². The molecule has 7 heteroatoms. The normalized spacial score (nSPS) is 10.5. The van der Waals surface area contributed by atoms with E-state index in [4.69, 9.17) is 4.52 Å². The summed E-state index contributed by atoms with van der Waals surface area (Å²) in [6.45, 7) is 3.89. The number of aromatic nitrogens is 2. The summed E-state index contributed by atoms with van der Waals surface area (Å²) >= 11 is 0. The van der Waals surface area contributed by atoms with E-state index in [9.17, 15) is 14.7 Å². The van der Waals surface area contributed by atoms with Gasteiger partial charge in [-0.2, -0.15) is 4.98 Å². The fourth-order valence-corrected chi connectivity index (χ4v) is 1.90. The van der Waals surface area contributed by atoms with Gasteiger partial charge in [0.2, 0.25) is 11.8 Å². The summed E-state index contributed by atoms with van der Waals surface area (Å²) in [6, 6.07) is 5.65. The van der Waals surface area contributed by atoms with Crippen molar-refractivity contribution in [3.05, 3.63) is 41.0 Å². The van der Waals surface area contributed by atoms with Crippen LogP contribution in [0.2, 0.25) is 0 Å². The standard InChI is InChI=1S/C15H17N3O4/c1-9-4-3-5-11(10(9)2)16-13(19)8-12-17-14(22-18-12)6-7-15(20)21/h3-5H,6-8H2,1-2H3,(H,16,19)(H,20,21)/p-1. The van der Waals surface area contributed by atoms with Crippen molar-refractivity contribution >= 4 is 17.6 Å². The van der Waals surface area contributed by atoms with Crippen LogP contribution in [0.1, 0.15) is 29.3 Å². The largest absolute Gasteiger partial charge is 0.550 e. The minimum Gasteiger partial charge on any atom is -0.550 e. The highest BCUT2D eigenvalue weighted by atomic mass is 16.5. The maximum atomic E-state index is 12.0. The lowest BCUT2D eigenvalue weighted by molar-refractivity contribution is -0.305. The minimum atomic E-state index is -1.19. The molecular weight excluding hydrogens is 286 g/mol. The molecule has 2 aromatic rings. The van der Waals surface area contributed by atoms with Crippen LogP contribution >= 0.6 is 0 Å². The molecule has 0 radical (unpaired) electrons. The van der Waals surface area contributed by atoms with E-state index >= 15 is 0 Å². The lowest BCUT2D eigenvalue weighted by Crippen LogP contribution is -2.22. The van der Waals surface area contributed by atoms with Gasteiger partial charge in [0.1, 0.15) is 0 Å². The Kier molecular flexibility index (Phi) is 4.88. The van der Waals surface area contributed by atoms with Crippen molar-refractivity contribution in [1.29, 1.82) is 0 Å². The van der Waals surface area contributed by atoms with Gasteiger partial charge in [-0.25, -0.2) is 0 Å². The van der Waals surface area contributed by atoms with Crippen LogP contribution in [0.5, 0.6) is 0 Å². The summed E-state index contributed by atoms with van der Waals surface area (Å²) in [5.74, 6) is -1.05. The number of rotatable bonds is 6. The molecule has 0 atom stereocenters. The number of carbonyl (C=O) groups is 2. The first-order valence-corrected chi connectivity index (χ1v) is 6.83. The Morgan fingerprint density at radius 3 is 2.82 bits per heavy atom. The highest BCUT2D eigenvalue weighted by molar-refractivity contribution is 5.92. The van der Waals surface area contributed by atoms with Gasteiger partial charge < -0.3 is 19.7 Å². The van der Waals surface area contributed by atoms with Crippen LogP contribution in [-0.4, -0.2) is 22.0 Å². The molecule has 22 heavy (non-hydrogen) atoms. The number of aliphatic carboxylic acids is 1. The number of carboxylic acids is 1. The fourth-order valence-electron chi connectivity index (χ4n) is 1.90. The van der Waals surface area contributed by atoms with Crippen LogP contribution in [0, 0.1) is 13.8 Å². The van der Waals surface area contributed by atoms with E-state index in [-0.39, 0.29) is 36.9 Å². The molecule has 0 fully saturated rings. The number of benzene rings is 1. The van der Waals surface area contributed by atoms with E-state index in [1.165, 1.54) is 0 Å². The second-order valence-corrected chi connectivity index (χ2v) is 4.95. The van der Waals surface area contributed by atoms with Gasteiger partial charge in [0.05, 0.1) is 6.42 Å². The van der Waals surface area contributed by atoms with Gasteiger partial charge in [0, 0.05) is 18.1 Å². The first-order chi connectivity index (χ1) is 10.5. The van der Waals surface area contributed by atoms with Crippen molar-refractivity contribution in [2.45, 2.75) is 33.1 Å². The fraction of sp³-hybridized carbons (Fsp3) is 0.333. The molecule has 0 spiro atoms. The van der Waals surface area contributed by atoms with Gasteiger partial charge >= 0.3 is 0 Å². The Balaban J connectivity index is 1.94. The summed E-state index contributed by atoms with van der Waals surface area (Å²) in [7, 11) is 0. The molecular formula is C15H16N3O4-. The number of carboxylic acid groups (broad SMARTS) is 1. The third kappa shape index (κ3) is 4.15. The van der Waals surface area contributed by atoms with E-state index in [1.54, 1.807) is 0 Å². The molecule has 0 aliphatic rings. The molecule has 0 saturated heterocycles. The number of hydrogen-bond acceptors (Lipinski definition) is 6. The van der Waals surface area contributed by atoms with E-state index < -0.39 is 5.97 Å². The lowest BCUT2D eigenvalue weighted by atomic mass is 10.1. The first kappa shape index (κ1) is 15.7. The van der Waals surface area contributed by atoms with Crippen molar-refractivity contribution in [3.63, 3.8) is 0 Å². The Labute approximate surface area is 127 Å². The van der Waals surface area contributed by atoms with Crippen LogP contribution in [0.25, 0.3) is 0 Å². The number of amides is 1. The summed E-state index contributed by atoms with van der Waals surface area (Å²) in [5.41, 5.74) is 2.83. The summed E-state index contributed by atoms with van der Waals surface area (Å²) in [6.07, 6.45) is -0.146. The molecule has 1 aromatic heterocycles. The van der Waals surface area contributed by atoms with Crippen molar-refractivity contribution in [1.82, 2.24) is 10.1 Å². The smallest absolute Gasteiger partial charge is 0.232 e. The highest BCUT2D eigenvalue weighted by Gasteiger charge is 2.12. The van der Waals surface area contributed by atoms with Gasteiger partial charge in [0.25, 0.3) is 0 Å². The van der Waals surface area contributed by atoms with E-state index in [1.807, 2.05) is 32.0 Å². The molecule has 0 saturated carbocycles. The second kappa shape index (κ2) is 6.84. The Morgan fingerprint density at radius 1 is 1.32 bits per heavy atom. The minimum absolute atomic E-state index is 0.0395. The maximum Gasteiger partial charge on any atom is 0.232 e. The van der Waals surface area contributed by atoms with Crippen molar-refractivity contribution in [2.75, 3.05) is 5.32 Å². The summed E-state index contributed by atoms with van der Waals surface area (Å²) in [5, 5.41) is 16.8. The van der Waals surface area contributed by atoms with Crippen LogP contribution in [0.4, 0.5) is 5.69 Å². The average molecular weight is 302 g/mol. The quantitative estimate of drug-likeness (QED) is 0.834. The van der Waals surface area contributed by atoms with E-state index in [0.29, 0.717) is 0 Å². The number of nitrogens with zero attached hydrogens (tertiary/aromatic N) is 2. The summed E-state index contributed by atoms with van der Waals surface area (Å²) < 4.78 is 4.88. The number of carbonyl (C=O) groups excluding carboxylic acids is 2. The Bertz CT molecular complexity index is 694. The molecule has 1 aromatic carbocycles. The molecule has 0 unspecified atom stereocenters. The average Bonchev–Trinajstić information content (AvgIpc) is 2.89. The lowest BCUT2D eigenvalue weighted by Gasteiger charge is -2.09. The maximum absolute atomic E-state index is 12.0. The Hall–Kier alpha value is -2.70. The number of hydrogen-bond donors (Lipinski definition) is 1. The van der Waals surface area contributed by atoms with Crippen molar-refractivity contribution < 1.29 is 19.2 Å². The number of anilines is 1.